The molecule has 0 aromatic rings. The van der Waals surface area contributed by atoms with E-state index in [9.17, 15) is 19.8 Å². The van der Waals surface area contributed by atoms with E-state index in [1.54, 1.807) is 0 Å². The number of hydrogen-bond acceptors (Lipinski definition) is 7. The maximum atomic E-state index is 11.4. The zero-order valence-electron chi connectivity index (χ0n) is 13.2. The van der Waals surface area contributed by atoms with Gasteiger partial charge in [-0.2, -0.15) is 0 Å². The molecule has 5 atom stereocenters. The minimum absolute atomic E-state index is 0.0332. The summed E-state index contributed by atoms with van der Waals surface area (Å²) in [5, 5.41) is 42.9. The molecule has 0 unspecified atom stereocenters. The van der Waals surface area contributed by atoms with Crippen LogP contribution < -0.4 is 16.4 Å². The largest absolute Gasteiger partial charge is 0.478 e. The Morgan fingerprint density at radius 3 is 2.54 bits per heavy atom. The van der Waals surface area contributed by atoms with Crippen LogP contribution in [0.15, 0.2) is 16.8 Å². The molecule has 1 rings (SSSR count). The third-order valence-electron chi connectivity index (χ3n) is 3.35. The number of nitrogens with one attached hydrogen (secondary N) is 2. The smallest absolute Gasteiger partial charge is 0.370 e. The van der Waals surface area contributed by atoms with Crippen LogP contribution in [-0.4, -0.2) is 82.3 Å². The Morgan fingerprint density at radius 1 is 1.46 bits per heavy atom. The molecule has 0 aromatic heterocycles. The lowest BCUT2D eigenvalue weighted by molar-refractivity contribution is -0.145. The van der Waals surface area contributed by atoms with Gasteiger partial charge in [0.25, 0.3) is 0 Å². The van der Waals surface area contributed by atoms with Gasteiger partial charge < -0.3 is 41.5 Å². The number of aliphatic hydroxyl groups excluding tert-OH is 3. The predicted octanol–water partition coefficient (Wildman–Crippen LogP) is -3.52. The quantitative estimate of drug-likeness (QED) is 0.189. The van der Waals surface area contributed by atoms with Crippen LogP contribution in [0.2, 0.25) is 0 Å². The Kier molecular flexibility index (Phi) is 6.95. The van der Waals surface area contributed by atoms with E-state index in [0.29, 0.717) is 0 Å². The fourth-order valence-corrected chi connectivity index (χ4v) is 2.19. The first kappa shape index (κ1) is 19.7. The lowest BCUT2D eigenvalue weighted by Gasteiger charge is -2.38. The molecule has 11 nitrogen and oxygen atoms in total. The lowest BCUT2D eigenvalue weighted by Crippen LogP contribution is -2.59. The maximum Gasteiger partial charge on any atom is 0.370 e. The number of rotatable bonds is 6. The molecule has 1 amide bonds. The molecule has 0 saturated carbocycles. The van der Waals surface area contributed by atoms with Gasteiger partial charge in [-0.3, -0.25) is 4.79 Å². The summed E-state index contributed by atoms with van der Waals surface area (Å²) in [5.41, 5.74) is 5.58. The summed E-state index contributed by atoms with van der Waals surface area (Å²) in [5.74, 6) is -2.47. The number of carboxylic acids is 1. The number of nitrogens with zero attached hydrogens (tertiary/aromatic N) is 1. The van der Waals surface area contributed by atoms with Crippen LogP contribution in [0.1, 0.15) is 6.92 Å². The first-order valence-corrected chi connectivity index (χ1v) is 7.08. The highest BCUT2D eigenvalue weighted by molar-refractivity contribution is 5.85. The summed E-state index contributed by atoms with van der Waals surface area (Å²) in [7, 11) is 1.50. The van der Waals surface area contributed by atoms with Crippen molar-refractivity contribution in [3.8, 4) is 0 Å². The molecule has 0 radical (unpaired) electrons. The molecule has 0 bridgehead atoms. The highest BCUT2D eigenvalue weighted by Gasteiger charge is 2.43. The molecule has 11 heteroatoms. The van der Waals surface area contributed by atoms with Gasteiger partial charge in [0.05, 0.1) is 18.7 Å². The number of aliphatic imine (C=N–C) groups is 1. The second-order valence-corrected chi connectivity index (χ2v) is 5.14. The van der Waals surface area contributed by atoms with Gasteiger partial charge in [0.2, 0.25) is 11.7 Å². The van der Waals surface area contributed by atoms with Crippen LogP contribution in [0.5, 0.6) is 0 Å². The van der Waals surface area contributed by atoms with E-state index < -0.39 is 54.6 Å². The average Bonchev–Trinajstić information content (AvgIpc) is 2.53. The monoisotopic (exact) mass is 346 g/mol. The fourth-order valence-electron chi connectivity index (χ4n) is 2.19. The first-order valence-electron chi connectivity index (χ1n) is 7.08. The van der Waals surface area contributed by atoms with Crippen molar-refractivity contribution in [2.75, 3.05) is 13.7 Å². The summed E-state index contributed by atoms with van der Waals surface area (Å²) in [6.45, 7) is 0.428. The van der Waals surface area contributed by atoms with Crippen LogP contribution in [0.4, 0.5) is 0 Å². The Bertz CT molecular complexity index is 536. The number of amides is 1. The molecule has 0 fully saturated rings. The number of hydrogen-bond donors (Lipinski definition) is 7. The Balaban J connectivity index is 3.31. The van der Waals surface area contributed by atoms with E-state index >= 15 is 0 Å². The topological polar surface area (TPSA) is 187 Å². The van der Waals surface area contributed by atoms with Gasteiger partial charge in [-0.1, -0.05) is 0 Å². The summed E-state index contributed by atoms with van der Waals surface area (Å²) in [6.07, 6.45) is -3.53. The zero-order valence-corrected chi connectivity index (χ0v) is 13.2. The van der Waals surface area contributed by atoms with Crippen molar-refractivity contribution in [2.45, 2.75) is 37.3 Å². The predicted molar refractivity (Wildman–Crippen MR) is 81.8 cm³/mol. The molecule has 0 aromatic carbocycles. The van der Waals surface area contributed by atoms with E-state index in [1.807, 2.05) is 0 Å². The van der Waals surface area contributed by atoms with E-state index in [2.05, 4.69) is 15.6 Å². The zero-order chi connectivity index (χ0) is 18.4. The number of carbonyl (C=O) groups is 2. The highest BCUT2D eigenvalue weighted by atomic mass is 16.5. The molecule has 24 heavy (non-hydrogen) atoms. The van der Waals surface area contributed by atoms with Crippen molar-refractivity contribution in [2.24, 2.45) is 10.7 Å². The molecule has 0 spiro atoms. The van der Waals surface area contributed by atoms with Crippen molar-refractivity contribution in [3.63, 3.8) is 0 Å². The highest BCUT2D eigenvalue weighted by Crippen LogP contribution is 2.24. The molecular formula is C13H22N4O7. The Hall–Kier alpha value is -2.37. The number of aliphatic hydroxyl groups is 3. The number of carbonyl (C=O) groups excluding carboxylic acids is 1. The molecule has 1 heterocycles. The molecule has 0 aliphatic carbocycles. The number of guanidine groups is 1. The third kappa shape index (κ3) is 4.81. The number of ether oxygens (including phenoxy) is 1. The van der Waals surface area contributed by atoms with Gasteiger partial charge in [-0.25, -0.2) is 9.79 Å². The van der Waals surface area contributed by atoms with Crippen LogP contribution in [0.25, 0.3) is 0 Å². The SMILES string of the molecule is CNC(N)=N[C@H]1C=C(C(=O)O)O[C@@H]([C@H](O)[C@H](O)CO)[C@@H]1NC(C)=O. The second-order valence-electron chi connectivity index (χ2n) is 5.14. The third-order valence-corrected chi connectivity index (χ3v) is 3.35. The van der Waals surface area contributed by atoms with Crippen molar-refractivity contribution in [1.29, 1.82) is 0 Å². The minimum atomic E-state index is -1.68. The molecular weight excluding hydrogens is 324 g/mol. The maximum absolute atomic E-state index is 11.4. The average molecular weight is 346 g/mol. The summed E-state index contributed by atoms with van der Waals surface area (Å²) < 4.78 is 5.19. The molecule has 1 aliphatic heterocycles. The van der Waals surface area contributed by atoms with Gasteiger partial charge in [-0.05, 0) is 6.08 Å². The molecule has 1 aliphatic rings. The van der Waals surface area contributed by atoms with Crippen LogP contribution in [-0.2, 0) is 14.3 Å². The Labute approximate surface area is 137 Å². The van der Waals surface area contributed by atoms with Gasteiger partial charge in [0.15, 0.2) is 5.96 Å². The van der Waals surface area contributed by atoms with Crippen LogP contribution >= 0.6 is 0 Å². The Morgan fingerprint density at radius 2 is 2.08 bits per heavy atom. The van der Waals surface area contributed by atoms with Crippen LogP contribution in [0.3, 0.4) is 0 Å². The number of aliphatic carboxylic acids is 1. The van der Waals surface area contributed by atoms with Gasteiger partial charge in [0, 0.05) is 14.0 Å². The summed E-state index contributed by atoms with van der Waals surface area (Å²) >= 11 is 0. The van der Waals surface area contributed by atoms with E-state index in [1.165, 1.54) is 14.0 Å². The van der Waals surface area contributed by atoms with Crippen molar-refractivity contribution in [1.82, 2.24) is 10.6 Å². The standard InChI is InChI=1S/C13H22N4O7/c1-5(19)16-9-6(17-13(14)15-2)3-8(12(22)23)24-11(9)10(21)7(20)4-18/h3,6-7,9-11,18,20-21H,4H2,1-2H3,(H,16,19)(H,22,23)(H3,14,15,17)/t6-,7+,9+,10+,11+/m0/s1. The van der Waals surface area contributed by atoms with E-state index in [-0.39, 0.29) is 5.96 Å². The van der Waals surface area contributed by atoms with Crippen molar-refractivity contribution >= 4 is 17.8 Å². The van der Waals surface area contributed by atoms with Gasteiger partial charge in [-0.15, -0.1) is 0 Å². The normalized spacial score (nSPS) is 26.6. The number of nitrogens with two attached hydrogens (primary N) is 1. The summed E-state index contributed by atoms with van der Waals surface area (Å²) in [4.78, 5) is 26.7. The van der Waals surface area contributed by atoms with Crippen LogP contribution in [0, 0.1) is 0 Å². The van der Waals surface area contributed by atoms with E-state index in [4.69, 9.17) is 20.7 Å². The summed E-state index contributed by atoms with van der Waals surface area (Å²) in [6, 6.07) is -2.00. The molecule has 8 N–H and O–H groups in total. The first-order chi connectivity index (χ1) is 11.2. The molecule has 136 valence electrons. The van der Waals surface area contributed by atoms with Crippen molar-refractivity contribution < 1.29 is 34.8 Å². The lowest BCUT2D eigenvalue weighted by atomic mass is 9.92. The van der Waals surface area contributed by atoms with Crippen molar-refractivity contribution in [3.05, 3.63) is 11.8 Å². The molecule has 0 saturated heterocycles. The second kappa shape index (κ2) is 8.47. The minimum Gasteiger partial charge on any atom is -0.478 e. The van der Waals surface area contributed by atoms with E-state index in [0.717, 1.165) is 6.08 Å². The van der Waals surface area contributed by atoms with Gasteiger partial charge >= 0.3 is 5.97 Å². The number of carboxylic acid groups (broad SMARTS) is 1. The van der Waals surface area contributed by atoms with Gasteiger partial charge in [0.1, 0.15) is 18.3 Å². The fraction of sp³-hybridized carbons (Fsp3) is 0.615.